The first-order valence-corrected chi connectivity index (χ1v) is 6.76. The number of piperazine rings is 1. The second kappa shape index (κ2) is 5.85. The lowest BCUT2D eigenvalue weighted by molar-refractivity contribution is 0.229. The zero-order valence-corrected chi connectivity index (χ0v) is 12.0. The molecule has 0 unspecified atom stereocenters. The highest BCUT2D eigenvalue weighted by atomic mass is 79.9. The van der Waals surface area contributed by atoms with E-state index in [2.05, 4.69) is 45.2 Å². The Balaban J connectivity index is 2.21. The third-order valence-corrected chi connectivity index (χ3v) is 3.94. The molecule has 1 aromatic carbocycles. The van der Waals surface area contributed by atoms with Gasteiger partial charge in [0.1, 0.15) is 5.75 Å². The standard InChI is InChI=1S/C13H19BrN2O/c1-10-3-4-12(14)11(13(10)17-2)9-16-7-5-15-6-8-16/h3-4,15H,5-9H2,1-2H3. The maximum absolute atomic E-state index is 5.53. The van der Waals surface area contributed by atoms with Crippen LogP contribution in [0.1, 0.15) is 11.1 Å². The smallest absolute Gasteiger partial charge is 0.127 e. The molecule has 0 amide bonds. The van der Waals surface area contributed by atoms with Gasteiger partial charge in [-0.2, -0.15) is 0 Å². The third-order valence-electron chi connectivity index (χ3n) is 3.20. The van der Waals surface area contributed by atoms with E-state index >= 15 is 0 Å². The molecule has 0 atom stereocenters. The highest BCUT2D eigenvalue weighted by Crippen LogP contribution is 2.31. The van der Waals surface area contributed by atoms with E-state index in [9.17, 15) is 0 Å². The van der Waals surface area contributed by atoms with Crippen molar-refractivity contribution in [2.75, 3.05) is 33.3 Å². The van der Waals surface area contributed by atoms with Crippen LogP contribution in [-0.4, -0.2) is 38.2 Å². The van der Waals surface area contributed by atoms with Crippen LogP contribution in [0, 0.1) is 6.92 Å². The molecule has 0 bridgehead atoms. The Morgan fingerprint density at radius 1 is 1.35 bits per heavy atom. The van der Waals surface area contributed by atoms with Gasteiger partial charge >= 0.3 is 0 Å². The topological polar surface area (TPSA) is 24.5 Å². The SMILES string of the molecule is COc1c(C)ccc(Br)c1CN1CCNCC1. The molecule has 4 heteroatoms. The molecule has 1 N–H and O–H groups in total. The molecule has 1 aliphatic heterocycles. The summed E-state index contributed by atoms with van der Waals surface area (Å²) in [5.74, 6) is 1.01. The Morgan fingerprint density at radius 3 is 2.71 bits per heavy atom. The minimum Gasteiger partial charge on any atom is -0.496 e. The third kappa shape index (κ3) is 3.00. The molecule has 1 aromatic rings. The molecule has 1 aliphatic rings. The van der Waals surface area contributed by atoms with Crippen LogP contribution in [0.2, 0.25) is 0 Å². The summed E-state index contributed by atoms with van der Waals surface area (Å²) >= 11 is 3.63. The van der Waals surface area contributed by atoms with Gasteiger partial charge in [0.05, 0.1) is 7.11 Å². The van der Waals surface area contributed by atoms with Crippen LogP contribution in [-0.2, 0) is 6.54 Å². The van der Waals surface area contributed by atoms with Crippen LogP contribution in [0.3, 0.4) is 0 Å². The number of nitrogens with zero attached hydrogens (tertiary/aromatic N) is 1. The van der Waals surface area contributed by atoms with Crippen molar-refractivity contribution in [3.8, 4) is 5.75 Å². The highest BCUT2D eigenvalue weighted by Gasteiger charge is 2.16. The van der Waals surface area contributed by atoms with Crippen molar-refractivity contribution in [2.45, 2.75) is 13.5 Å². The number of rotatable bonds is 3. The van der Waals surface area contributed by atoms with Gasteiger partial charge in [0.2, 0.25) is 0 Å². The molecule has 0 aliphatic carbocycles. The van der Waals surface area contributed by atoms with E-state index in [0.717, 1.165) is 42.9 Å². The normalized spacial score (nSPS) is 17.1. The fourth-order valence-electron chi connectivity index (χ4n) is 2.25. The van der Waals surface area contributed by atoms with E-state index < -0.39 is 0 Å². The van der Waals surface area contributed by atoms with Gasteiger partial charge in [-0.1, -0.05) is 22.0 Å². The summed E-state index contributed by atoms with van der Waals surface area (Å²) < 4.78 is 6.66. The van der Waals surface area contributed by atoms with Crippen LogP contribution in [0.4, 0.5) is 0 Å². The number of aryl methyl sites for hydroxylation is 1. The summed E-state index contributed by atoms with van der Waals surface area (Å²) in [6.45, 7) is 7.39. The molecule has 1 saturated heterocycles. The van der Waals surface area contributed by atoms with Crippen molar-refractivity contribution in [1.82, 2.24) is 10.2 Å². The minimum atomic E-state index is 0.952. The quantitative estimate of drug-likeness (QED) is 0.926. The van der Waals surface area contributed by atoms with Crippen LogP contribution < -0.4 is 10.1 Å². The van der Waals surface area contributed by atoms with Gasteiger partial charge in [0, 0.05) is 42.8 Å². The second-order valence-electron chi connectivity index (χ2n) is 4.40. The van der Waals surface area contributed by atoms with Crippen molar-refractivity contribution in [2.24, 2.45) is 0 Å². The Labute approximate surface area is 111 Å². The van der Waals surface area contributed by atoms with Crippen LogP contribution in [0.5, 0.6) is 5.75 Å². The lowest BCUT2D eigenvalue weighted by atomic mass is 10.1. The van der Waals surface area contributed by atoms with Gasteiger partial charge in [-0.25, -0.2) is 0 Å². The van der Waals surface area contributed by atoms with Crippen molar-refractivity contribution in [1.29, 1.82) is 0 Å². The van der Waals surface area contributed by atoms with Gasteiger partial charge < -0.3 is 10.1 Å². The van der Waals surface area contributed by atoms with Crippen molar-refractivity contribution in [3.05, 3.63) is 27.7 Å². The Bertz CT molecular complexity index is 389. The van der Waals surface area contributed by atoms with E-state index in [1.165, 1.54) is 11.1 Å². The molecule has 0 saturated carbocycles. The molecule has 1 fully saturated rings. The molecule has 0 aromatic heterocycles. The van der Waals surface area contributed by atoms with Crippen LogP contribution >= 0.6 is 15.9 Å². The average Bonchev–Trinajstić information content (AvgIpc) is 2.35. The van der Waals surface area contributed by atoms with Gasteiger partial charge in [-0.3, -0.25) is 4.90 Å². The molecular weight excluding hydrogens is 280 g/mol. The van der Waals surface area contributed by atoms with Crippen molar-refractivity contribution < 1.29 is 4.74 Å². The van der Waals surface area contributed by atoms with Crippen molar-refractivity contribution >= 4 is 15.9 Å². The summed E-state index contributed by atoms with van der Waals surface area (Å²) in [6, 6.07) is 4.19. The van der Waals surface area contributed by atoms with Gasteiger partial charge in [0.25, 0.3) is 0 Å². The second-order valence-corrected chi connectivity index (χ2v) is 5.26. The lowest BCUT2D eigenvalue weighted by Crippen LogP contribution is -2.43. The lowest BCUT2D eigenvalue weighted by Gasteiger charge is -2.28. The monoisotopic (exact) mass is 298 g/mol. The molecule has 94 valence electrons. The van der Waals surface area contributed by atoms with Crippen LogP contribution in [0.15, 0.2) is 16.6 Å². The largest absolute Gasteiger partial charge is 0.496 e. The zero-order valence-electron chi connectivity index (χ0n) is 10.4. The number of hydrogen-bond acceptors (Lipinski definition) is 3. The first-order chi connectivity index (χ1) is 8.22. The first-order valence-electron chi connectivity index (χ1n) is 5.97. The van der Waals surface area contributed by atoms with Gasteiger partial charge in [0.15, 0.2) is 0 Å². The fourth-order valence-corrected chi connectivity index (χ4v) is 2.68. The van der Waals surface area contributed by atoms with Gasteiger partial charge in [-0.05, 0) is 18.6 Å². The van der Waals surface area contributed by atoms with Gasteiger partial charge in [-0.15, -0.1) is 0 Å². The first kappa shape index (κ1) is 12.9. The molecule has 0 radical (unpaired) electrons. The number of methoxy groups -OCH3 is 1. The number of ether oxygens (including phenoxy) is 1. The molecule has 1 heterocycles. The minimum absolute atomic E-state index is 0.952. The molecule has 2 rings (SSSR count). The summed E-state index contributed by atoms with van der Waals surface area (Å²) in [5, 5.41) is 3.37. The number of hydrogen-bond donors (Lipinski definition) is 1. The van der Waals surface area contributed by atoms with E-state index in [1.807, 2.05) is 0 Å². The number of halogens is 1. The van der Waals surface area contributed by atoms with E-state index in [4.69, 9.17) is 4.74 Å². The highest BCUT2D eigenvalue weighted by molar-refractivity contribution is 9.10. The molecule has 17 heavy (non-hydrogen) atoms. The summed E-state index contributed by atoms with van der Waals surface area (Å²) in [6.07, 6.45) is 0. The Kier molecular flexibility index (Phi) is 4.42. The van der Waals surface area contributed by atoms with E-state index in [-0.39, 0.29) is 0 Å². The maximum Gasteiger partial charge on any atom is 0.127 e. The Hall–Kier alpha value is -0.580. The predicted molar refractivity (Wildman–Crippen MR) is 73.6 cm³/mol. The molecule has 3 nitrogen and oxygen atoms in total. The Morgan fingerprint density at radius 2 is 2.06 bits per heavy atom. The maximum atomic E-state index is 5.53. The molecular formula is C13H19BrN2O. The fraction of sp³-hybridized carbons (Fsp3) is 0.538. The van der Waals surface area contributed by atoms with Crippen LogP contribution in [0.25, 0.3) is 0 Å². The van der Waals surface area contributed by atoms with E-state index in [0.29, 0.717) is 0 Å². The summed E-state index contributed by atoms with van der Waals surface area (Å²) in [4.78, 5) is 2.46. The number of nitrogens with one attached hydrogen (secondary N) is 1. The van der Waals surface area contributed by atoms with E-state index in [1.54, 1.807) is 7.11 Å². The molecule has 0 spiro atoms. The predicted octanol–water partition coefficient (Wildman–Crippen LogP) is 2.17. The zero-order chi connectivity index (χ0) is 12.3. The summed E-state index contributed by atoms with van der Waals surface area (Å²) in [5.41, 5.74) is 2.45. The van der Waals surface area contributed by atoms with Crippen molar-refractivity contribution in [3.63, 3.8) is 0 Å². The summed E-state index contributed by atoms with van der Waals surface area (Å²) in [7, 11) is 1.75. The average molecular weight is 299 g/mol. The number of benzene rings is 1.